The average molecular weight is 290 g/mol. The number of carboxylic acid groups (broad SMARTS) is 1. The van der Waals surface area contributed by atoms with Crippen molar-refractivity contribution in [3.8, 4) is 0 Å². The van der Waals surface area contributed by atoms with Crippen LogP contribution in [0.5, 0.6) is 0 Å². The van der Waals surface area contributed by atoms with Gasteiger partial charge in [0, 0.05) is 11.5 Å². The largest absolute Gasteiger partial charge is 1.00 e. The summed E-state index contributed by atoms with van der Waals surface area (Å²) >= 11 is 0. The number of carbonyl (C=O) groups excluding carboxylic acids is 2. The molecule has 0 radical (unpaired) electrons. The van der Waals surface area contributed by atoms with E-state index in [1.807, 2.05) is 0 Å². The molecule has 18 heavy (non-hydrogen) atoms. The molecule has 0 bridgehead atoms. The maximum Gasteiger partial charge on any atom is 1.00 e. The second kappa shape index (κ2) is 11.1. The Kier molecular flexibility index (Phi) is 14.4. The molecule has 0 fully saturated rings. The van der Waals surface area contributed by atoms with Crippen molar-refractivity contribution in [2.45, 2.75) is 11.8 Å². The van der Waals surface area contributed by atoms with Gasteiger partial charge < -0.3 is 14.5 Å². The maximum absolute atomic E-state index is 10.5. The van der Waals surface area contributed by atoms with Crippen molar-refractivity contribution < 1.29 is 86.8 Å². The van der Waals surface area contributed by atoms with Gasteiger partial charge in [0.2, 0.25) is 0 Å². The van der Waals surface area contributed by atoms with Crippen LogP contribution in [-0.2, 0) is 14.9 Å². The van der Waals surface area contributed by atoms with E-state index in [0.717, 1.165) is 13.0 Å². The predicted molar refractivity (Wildman–Crippen MR) is 50.5 cm³/mol. The number of benzene rings is 1. The van der Waals surface area contributed by atoms with Crippen molar-refractivity contribution in [1.29, 1.82) is 0 Å². The van der Waals surface area contributed by atoms with Gasteiger partial charge in [-0.25, -0.2) is 8.42 Å². The Morgan fingerprint density at radius 3 is 1.89 bits per heavy atom. The van der Waals surface area contributed by atoms with Gasteiger partial charge in [0.05, 0.1) is 4.90 Å². The van der Waals surface area contributed by atoms with Gasteiger partial charge in [-0.05, 0) is 13.0 Å². The minimum atomic E-state index is -4.53. The molecule has 0 aliphatic carbocycles. The standard InChI is InChI=1S/C7H6O4S.C2H4O2.2Na/c8-5-6-3-1-2-4-7(6)12(9,10)11;1-2(3)4;;/h1-5H,(H,9,10,11);1H3,(H,3,4);;/q;;2*+1/p-2. The topological polar surface area (TPSA) is 114 Å². The van der Waals surface area contributed by atoms with Crippen molar-refractivity contribution in [3.63, 3.8) is 0 Å². The number of aldehydes is 1. The zero-order valence-corrected chi connectivity index (χ0v) is 15.1. The average Bonchev–Trinajstić information content (AvgIpc) is 2.15. The van der Waals surface area contributed by atoms with E-state index in [1.165, 1.54) is 18.2 Å². The number of hydrogen-bond donors (Lipinski definition) is 0. The van der Waals surface area contributed by atoms with Crippen LogP contribution in [0.25, 0.3) is 0 Å². The summed E-state index contributed by atoms with van der Waals surface area (Å²) in [5.74, 6) is -1.08. The fraction of sp³-hybridized carbons (Fsp3) is 0.111. The number of hydrogen-bond acceptors (Lipinski definition) is 6. The SMILES string of the molecule is CC(=O)[O-].O=Cc1ccccc1S(=O)(=O)[O-].[Na+].[Na+]. The molecule has 0 saturated heterocycles. The molecule has 1 aromatic rings. The summed E-state index contributed by atoms with van der Waals surface area (Å²) in [5.41, 5.74) is -0.104. The van der Waals surface area contributed by atoms with Crippen molar-refractivity contribution >= 4 is 22.4 Å². The van der Waals surface area contributed by atoms with E-state index in [1.54, 1.807) is 0 Å². The number of carboxylic acids is 1. The van der Waals surface area contributed by atoms with Crippen LogP contribution in [0.3, 0.4) is 0 Å². The first-order valence-electron chi connectivity index (χ1n) is 3.96. The van der Waals surface area contributed by atoms with Gasteiger partial charge >= 0.3 is 59.1 Å². The van der Waals surface area contributed by atoms with Crippen LogP contribution in [0.2, 0.25) is 0 Å². The van der Waals surface area contributed by atoms with Crippen LogP contribution >= 0.6 is 0 Å². The molecule has 0 heterocycles. The third kappa shape index (κ3) is 10.2. The van der Waals surface area contributed by atoms with Crippen molar-refractivity contribution in [1.82, 2.24) is 0 Å². The Bertz CT molecular complexity index is 482. The summed E-state index contributed by atoms with van der Waals surface area (Å²) < 4.78 is 31.5. The Hall–Kier alpha value is 0.270. The first-order valence-corrected chi connectivity index (χ1v) is 5.37. The van der Waals surface area contributed by atoms with Gasteiger partial charge in [0.1, 0.15) is 10.1 Å². The Labute approximate surface area is 149 Å². The van der Waals surface area contributed by atoms with Gasteiger partial charge in [-0.1, -0.05) is 18.2 Å². The fourth-order valence-electron chi connectivity index (χ4n) is 0.806. The molecule has 0 saturated carbocycles. The minimum absolute atomic E-state index is 0. The molecule has 9 heteroatoms. The van der Waals surface area contributed by atoms with Crippen LogP contribution in [0, 0.1) is 0 Å². The monoisotopic (exact) mass is 290 g/mol. The first-order chi connectivity index (χ1) is 7.29. The Morgan fingerprint density at radius 2 is 1.61 bits per heavy atom. The van der Waals surface area contributed by atoms with E-state index >= 15 is 0 Å². The zero-order valence-electron chi connectivity index (χ0n) is 10.2. The first kappa shape index (κ1) is 23.4. The van der Waals surface area contributed by atoms with Gasteiger partial charge in [-0.3, -0.25) is 4.79 Å². The summed E-state index contributed by atoms with van der Waals surface area (Å²) in [7, 11) is -4.53. The molecule has 0 aromatic heterocycles. The normalized spacial score (nSPS) is 8.78. The third-order valence-corrected chi connectivity index (χ3v) is 2.23. The molecule has 88 valence electrons. The van der Waals surface area contributed by atoms with Crippen molar-refractivity contribution in [3.05, 3.63) is 29.8 Å². The van der Waals surface area contributed by atoms with Crippen LogP contribution in [0.4, 0.5) is 0 Å². The Morgan fingerprint density at radius 1 is 1.22 bits per heavy atom. The van der Waals surface area contributed by atoms with Gasteiger partial charge in [-0.2, -0.15) is 0 Å². The second-order valence-electron chi connectivity index (χ2n) is 2.60. The van der Waals surface area contributed by atoms with E-state index in [2.05, 4.69) is 0 Å². The van der Waals surface area contributed by atoms with E-state index in [0.29, 0.717) is 6.29 Å². The van der Waals surface area contributed by atoms with Crippen LogP contribution in [0.15, 0.2) is 29.2 Å². The smallest absolute Gasteiger partial charge is 0.744 e. The summed E-state index contributed by atoms with van der Waals surface area (Å²) in [6.07, 6.45) is 0.338. The molecule has 0 aliphatic rings. The van der Waals surface area contributed by atoms with Crippen molar-refractivity contribution in [2.24, 2.45) is 0 Å². The molecule has 6 nitrogen and oxygen atoms in total. The van der Waals surface area contributed by atoms with Crippen LogP contribution < -0.4 is 64.2 Å². The number of aliphatic carboxylic acids is 1. The molecule has 1 rings (SSSR count). The summed E-state index contributed by atoms with van der Waals surface area (Å²) in [4.78, 5) is 18.7. The minimum Gasteiger partial charge on any atom is -0.744 e. The third-order valence-electron chi connectivity index (χ3n) is 1.32. The maximum atomic E-state index is 10.5. The van der Waals surface area contributed by atoms with Crippen LogP contribution in [-0.4, -0.2) is 25.2 Å². The molecule has 1 aromatic carbocycles. The van der Waals surface area contributed by atoms with Crippen LogP contribution in [0.1, 0.15) is 17.3 Å². The second-order valence-corrected chi connectivity index (χ2v) is 3.95. The summed E-state index contributed by atoms with van der Waals surface area (Å²) in [6.45, 7) is 0.972. The fourth-order valence-corrected chi connectivity index (χ4v) is 1.46. The quantitative estimate of drug-likeness (QED) is 0.304. The van der Waals surface area contributed by atoms with Crippen molar-refractivity contribution in [2.75, 3.05) is 0 Å². The molecule has 0 unspecified atom stereocenters. The molecule has 0 spiro atoms. The molecular formula is C9H8Na2O6S. The van der Waals surface area contributed by atoms with E-state index < -0.39 is 21.0 Å². The van der Waals surface area contributed by atoms with Gasteiger partial charge in [0.15, 0.2) is 6.29 Å². The predicted octanol–water partition coefficient (Wildman–Crippen LogP) is -6.83. The summed E-state index contributed by atoms with van der Waals surface area (Å²) in [6, 6.07) is 5.25. The number of carbonyl (C=O) groups is 2. The Balaban J connectivity index is -0.000000332. The van der Waals surface area contributed by atoms with Gasteiger partial charge in [0.25, 0.3) is 0 Å². The van der Waals surface area contributed by atoms with Gasteiger partial charge in [-0.15, -0.1) is 0 Å². The summed E-state index contributed by atoms with van der Waals surface area (Å²) in [5, 5.41) is 8.89. The van der Waals surface area contributed by atoms with E-state index in [-0.39, 0.29) is 64.7 Å². The molecule has 0 N–H and O–H groups in total. The molecule has 0 atom stereocenters. The number of rotatable bonds is 2. The zero-order chi connectivity index (χ0) is 12.8. The van der Waals surface area contributed by atoms with E-state index in [4.69, 9.17) is 9.90 Å². The molecule has 0 aliphatic heterocycles. The van der Waals surface area contributed by atoms with E-state index in [9.17, 15) is 17.8 Å². The molecule has 0 amide bonds. The molecular weight excluding hydrogens is 282 g/mol.